The molecule has 0 fully saturated rings. The predicted molar refractivity (Wildman–Crippen MR) is 61.6 cm³/mol. The van der Waals surface area contributed by atoms with Crippen LogP contribution in [0.15, 0.2) is 42.6 Å². The van der Waals surface area contributed by atoms with E-state index in [0.717, 1.165) is 17.5 Å². The number of carbonyl (C=O) groups is 1. The lowest BCUT2D eigenvalue weighted by atomic mass is 10.0. The Balaban J connectivity index is 2.57. The molecular formula is C13H11NO2. The summed E-state index contributed by atoms with van der Waals surface area (Å²) in [6.07, 6.45) is 2.52. The van der Waals surface area contributed by atoms with Gasteiger partial charge in [-0.15, -0.1) is 0 Å². The number of ether oxygens (including phenoxy) is 1. The van der Waals surface area contributed by atoms with Gasteiger partial charge in [-0.05, 0) is 30.3 Å². The molecule has 0 N–H and O–H groups in total. The molecular weight excluding hydrogens is 202 g/mol. The molecule has 80 valence electrons. The largest absolute Gasteiger partial charge is 0.497 e. The van der Waals surface area contributed by atoms with E-state index >= 15 is 0 Å². The van der Waals surface area contributed by atoms with E-state index in [9.17, 15) is 4.79 Å². The van der Waals surface area contributed by atoms with Crippen LogP contribution in [0.5, 0.6) is 5.75 Å². The normalized spacial score (nSPS) is 9.81. The number of nitrogens with zero attached hydrogens (tertiary/aromatic N) is 1. The first-order chi connectivity index (χ1) is 7.85. The van der Waals surface area contributed by atoms with Crippen LogP contribution in [-0.4, -0.2) is 18.4 Å². The highest BCUT2D eigenvalue weighted by Gasteiger charge is 2.06. The molecule has 0 saturated carbocycles. The van der Waals surface area contributed by atoms with Gasteiger partial charge >= 0.3 is 0 Å². The molecule has 16 heavy (non-hydrogen) atoms. The topological polar surface area (TPSA) is 39.2 Å². The number of benzene rings is 1. The summed E-state index contributed by atoms with van der Waals surface area (Å²) < 4.78 is 5.13. The molecule has 0 unspecified atom stereocenters. The Bertz CT molecular complexity index is 495. The van der Waals surface area contributed by atoms with Crippen molar-refractivity contribution in [1.82, 2.24) is 4.98 Å². The summed E-state index contributed by atoms with van der Waals surface area (Å²) in [7, 11) is 1.60. The van der Waals surface area contributed by atoms with E-state index in [1.54, 1.807) is 25.4 Å². The summed E-state index contributed by atoms with van der Waals surface area (Å²) in [5.41, 5.74) is 2.16. The fourth-order valence-electron chi connectivity index (χ4n) is 1.51. The SMILES string of the molecule is COc1ccc(C=O)c(-c2ccccn2)c1. The molecule has 1 aromatic carbocycles. The van der Waals surface area contributed by atoms with Crippen molar-refractivity contribution in [1.29, 1.82) is 0 Å². The lowest BCUT2D eigenvalue weighted by Gasteiger charge is -2.06. The molecule has 2 rings (SSSR count). The number of hydrogen-bond acceptors (Lipinski definition) is 3. The number of carbonyl (C=O) groups excluding carboxylic acids is 1. The Morgan fingerprint density at radius 2 is 2.12 bits per heavy atom. The highest BCUT2D eigenvalue weighted by Crippen LogP contribution is 2.25. The molecule has 0 spiro atoms. The van der Waals surface area contributed by atoms with Gasteiger partial charge in [0.25, 0.3) is 0 Å². The Morgan fingerprint density at radius 3 is 2.75 bits per heavy atom. The lowest BCUT2D eigenvalue weighted by molar-refractivity contribution is 0.112. The maximum Gasteiger partial charge on any atom is 0.150 e. The molecule has 3 nitrogen and oxygen atoms in total. The average molecular weight is 213 g/mol. The fourth-order valence-corrected chi connectivity index (χ4v) is 1.51. The predicted octanol–water partition coefficient (Wildman–Crippen LogP) is 2.57. The van der Waals surface area contributed by atoms with Crippen molar-refractivity contribution >= 4 is 6.29 Å². The van der Waals surface area contributed by atoms with Crippen LogP contribution in [0.1, 0.15) is 10.4 Å². The summed E-state index contributed by atoms with van der Waals surface area (Å²) in [6.45, 7) is 0. The zero-order chi connectivity index (χ0) is 11.4. The minimum Gasteiger partial charge on any atom is -0.497 e. The highest BCUT2D eigenvalue weighted by molar-refractivity contribution is 5.87. The van der Waals surface area contributed by atoms with Crippen molar-refractivity contribution in [2.75, 3.05) is 7.11 Å². The van der Waals surface area contributed by atoms with Gasteiger partial charge in [0.1, 0.15) is 5.75 Å². The van der Waals surface area contributed by atoms with Crippen LogP contribution in [0.4, 0.5) is 0 Å². The van der Waals surface area contributed by atoms with Crippen LogP contribution in [0.2, 0.25) is 0 Å². The van der Waals surface area contributed by atoms with Gasteiger partial charge in [-0.3, -0.25) is 9.78 Å². The van der Waals surface area contributed by atoms with E-state index in [4.69, 9.17) is 4.74 Å². The maximum atomic E-state index is 10.9. The van der Waals surface area contributed by atoms with Crippen molar-refractivity contribution < 1.29 is 9.53 Å². The number of aromatic nitrogens is 1. The Hall–Kier alpha value is -2.16. The van der Waals surface area contributed by atoms with Crippen LogP contribution in [0.3, 0.4) is 0 Å². The number of rotatable bonds is 3. The van der Waals surface area contributed by atoms with Gasteiger partial charge in [-0.25, -0.2) is 0 Å². The van der Waals surface area contributed by atoms with Crippen molar-refractivity contribution in [3.63, 3.8) is 0 Å². The Labute approximate surface area is 93.7 Å². The average Bonchev–Trinajstić information content (AvgIpc) is 2.39. The van der Waals surface area contributed by atoms with Gasteiger partial charge in [0.05, 0.1) is 12.8 Å². The summed E-state index contributed by atoms with van der Waals surface area (Å²) in [4.78, 5) is 15.2. The fraction of sp³-hybridized carbons (Fsp3) is 0.0769. The van der Waals surface area contributed by atoms with Crippen LogP contribution >= 0.6 is 0 Å². The lowest BCUT2D eigenvalue weighted by Crippen LogP contribution is -1.91. The standard InChI is InChI=1S/C13H11NO2/c1-16-11-6-5-10(9-15)12(8-11)13-4-2-3-7-14-13/h2-9H,1H3. The summed E-state index contributed by atoms with van der Waals surface area (Å²) in [5, 5.41) is 0. The number of methoxy groups -OCH3 is 1. The van der Waals surface area contributed by atoms with Crippen molar-refractivity contribution in [3.8, 4) is 17.0 Å². The monoisotopic (exact) mass is 213 g/mol. The molecule has 0 saturated heterocycles. The molecule has 0 amide bonds. The zero-order valence-electron chi connectivity index (χ0n) is 8.88. The molecule has 0 aliphatic heterocycles. The minimum absolute atomic E-state index is 0.611. The molecule has 2 aromatic rings. The summed E-state index contributed by atoms with van der Waals surface area (Å²) >= 11 is 0. The van der Waals surface area contributed by atoms with E-state index in [-0.39, 0.29) is 0 Å². The van der Waals surface area contributed by atoms with Crippen LogP contribution in [0, 0.1) is 0 Å². The molecule has 0 radical (unpaired) electrons. The van der Waals surface area contributed by atoms with Gasteiger partial charge in [0, 0.05) is 17.3 Å². The van der Waals surface area contributed by atoms with Crippen LogP contribution < -0.4 is 4.74 Å². The molecule has 1 heterocycles. The number of hydrogen-bond donors (Lipinski definition) is 0. The quantitative estimate of drug-likeness (QED) is 0.735. The van der Waals surface area contributed by atoms with Crippen molar-refractivity contribution in [3.05, 3.63) is 48.2 Å². The number of aldehydes is 1. The first-order valence-electron chi connectivity index (χ1n) is 4.90. The summed E-state index contributed by atoms with van der Waals surface area (Å²) in [6, 6.07) is 10.9. The Kier molecular flexibility index (Phi) is 2.96. The van der Waals surface area contributed by atoms with Gasteiger partial charge in [-0.1, -0.05) is 6.07 Å². The zero-order valence-corrected chi connectivity index (χ0v) is 8.88. The van der Waals surface area contributed by atoms with E-state index in [2.05, 4.69) is 4.98 Å². The van der Waals surface area contributed by atoms with Gasteiger partial charge < -0.3 is 4.74 Å². The molecule has 0 atom stereocenters. The maximum absolute atomic E-state index is 10.9. The van der Waals surface area contributed by atoms with Crippen molar-refractivity contribution in [2.45, 2.75) is 0 Å². The highest BCUT2D eigenvalue weighted by atomic mass is 16.5. The van der Waals surface area contributed by atoms with Gasteiger partial charge in [0.2, 0.25) is 0 Å². The van der Waals surface area contributed by atoms with Gasteiger partial charge in [-0.2, -0.15) is 0 Å². The third-order valence-electron chi connectivity index (χ3n) is 2.33. The first-order valence-corrected chi connectivity index (χ1v) is 4.90. The molecule has 0 aliphatic rings. The van der Waals surface area contributed by atoms with Crippen LogP contribution in [0.25, 0.3) is 11.3 Å². The molecule has 1 aromatic heterocycles. The Morgan fingerprint density at radius 1 is 1.25 bits per heavy atom. The molecule has 0 bridgehead atoms. The minimum atomic E-state index is 0.611. The van der Waals surface area contributed by atoms with E-state index in [0.29, 0.717) is 11.3 Å². The second kappa shape index (κ2) is 4.57. The molecule has 0 aliphatic carbocycles. The summed E-state index contributed by atoms with van der Waals surface area (Å²) in [5.74, 6) is 0.714. The first kappa shape index (κ1) is 10.4. The second-order valence-electron chi connectivity index (χ2n) is 3.29. The molecule has 3 heteroatoms. The van der Waals surface area contributed by atoms with E-state index in [1.807, 2.05) is 24.3 Å². The van der Waals surface area contributed by atoms with E-state index in [1.165, 1.54) is 0 Å². The smallest absolute Gasteiger partial charge is 0.150 e. The van der Waals surface area contributed by atoms with Gasteiger partial charge in [0.15, 0.2) is 6.29 Å². The van der Waals surface area contributed by atoms with Crippen LogP contribution in [-0.2, 0) is 0 Å². The third-order valence-corrected chi connectivity index (χ3v) is 2.33. The third kappa shape index (κ3) is 1.93. The number of pyridine rings is 1. The second-order valence-corrected chi connectivity index (χ2v) is 3.29. The van der Waals surface area contributed by atoms with E-state index < -0.39 is 0 Å². The van der Waals surface area contributed by atoms with Crippen molar-refractivity contribution in [2.24, 2.45) is 0 Å².